The van der Waals surface area contributed by atoms with Crippen molar-refractivity contribution in [1.82, 2.24) is 0 Å². The molecule has 0 aromatic heterocycles. The first kappa shape index (κ1) is 17.5. The molecular weight excluding hydrogens is 336 g/mol. The van der Waals surface area contributed by atoms with Gasteiger partial charge in [-0.2, -0.15) is 0 Å². The molecule has 0 fully saturated rings. The van der Waals surface area contributed by atoms with Gasteiger partial charge in [-0.05, 0) is 68.1 Å². The van der Waals surface area contributed by atoms with Gasteiger partial charge in [0.2, 0.25) is 10.0 Å². The van der Waals surface area contributed by atoms with Crippen LogP contribution in [0, 0.1) is 13.8 Å². The molecule has 0 aliphatic carbocycles. The maximum Gasteiger partial charge on any atom is 0.255 e. The number of hydrogen-bond donors (Lipinski definition) is 1. The lowest BCUT2D eigenvalue weighted by Crippen LogP contribution is -2.34. The van der Waals surface area contributed by atoms with Crippen LogP contribution in [-0.4, -0.2) is 26.6 Å². The van der Waals surface area contributed by atoms with Crippen molar-refractivity contribution < 1.29 is 13.2 Å². The lowest BCUT2D eigenvalue weighted by atomic mass is 10.1. The molecule has 0 unspecified atom stereocenters. The third kappa shape index (κ3) is 3.39. The Balaban J connectivity index is 1.89. The second-order valence-corrected chi connectivity index (χ2v) is 8.59. The molecule has 132 valence electrons. The molecule has 3 rings (SSSR count). The molecule has 2 aromatic carbocycles. The fourth-order valence-corrected chi connectivity index (χ4v) is 4.58. The average molecular weight is 358 g/mol. The van der Waals surface area contributed by atoms with Gasteiger partial charge in [-0.15, -0.1) is 0 Å². The topological polar surface area (TPSA) is 66.5 Å². The summed E-state index contributed by atoms with van der Waals surface area (Å²) in [5, 5.41) is 2.94. The van der Waals surface area contributed by atoms with Crippen LogP contribution < -0.4 is 9.62 Å². The fraction of sp³-hybridized carbons (Fsp3) is 0.316. The molecule has 0 radical (unpaired) electrons. The number of nitrogens with one attached hydrogen (secondary N) is 1. The number of benzene rings is 2. The van der Waals surface area contributed by atoms with Crippen LogP contribution in [0.4, 0.5) is 11.4 Å². The van der Waals surface area contributed by atoms with E-state index >= 15 is 0 Å². The van der Waals surface area contributed by atoms with Gasteiger partial charge in [0.15, 0.2) is 0 Å². The Labute approximate surface area is 148 Å². The van der Waals surface area contributed by atoms with E-state index in [1.54, 1.807) is 18.2 Å². The van der Waals surface area contributed by atoms with E-state index in [1.165, 1.54) is 10.6 Å². The molecule has 25 heavy (non-hydrogen) atoms. The molecule has 1 atom stereocenters. The molecule has 1 aliphatic heterocycles. The van der Waals surface area contributed by atoms with Crippen LogP contribution in [-0.2, 0) is 16.4 Å². The zero-order chi connectivity index (χ0) is 18.4. The van der Waals surface area contributed by atoms with Gasteiger partial charge >= 0.3 is 0 Å². The van der Waals surface area contributed by atoms with Crippen LogP contribution in [0.3, 0.4) is 0 Å². The first-order valence-electron chi connectivity index (χ1n) is 8.18. The van der Waals surface area contributed by atoms with E-state index in [1.807, 2.05) is 39.0 Å². The number of aryl methyl sites for hydroxylation is 2. The molecule has 5 nitrogen and oxygen atoms in total. The van der Waals surface area contributed by atoms with E-state index in [2.05, 4.69) is 5.32 Å². The third-order valence-corrected chi connectivity index (χ3v) is 5.76. The Morgan fingerprint density at radius 2 is 1.88 bits per heavy atom. The molecule has 6 heteroatoms. The van der Waals surface area contributed by atoms with Crippen molar-refractivity contribution in [1.29, 1.82) is 0 Å². The molecular formula is C19H22N2O3S. The number of anilines is 2. The zero-order valence-corrected chi connectivity index (χ0v) is 15.6. The first-order valence-corrected chi connectivity index (χ1v) is 10.0. The fourth-order valence-electron chi connectivity index (χ4n) is 3.31. The molecule has 0 saturated carbocycles. The highest BCUT2D eigenvalue weighted by Gasteiger charge is 2.32. The minimum absolute atomic E-state index is 0.137. The number of nitrogens with zero attached hydrogens (tertiary/aromatic N) is 1. The van der Waals surface area contributed by atoms with E-state index in [0.29, 0.717) is 17.7 Å². The predicted octanol–water partition coefficient (Wildman–Crippen LogP) is 3.27. The first-order chi connectivity index (χ1) is 11.7. The van der Waals surface area contributed by atoms with Crippen LogP contribution in [0.25, 0.3) is 0 Å². The van der Waals surface area contributed by atoms with Crippen LogP contribution in [0.15, 0.2) is 36.4 Å². The average Bonchev–Trinajstić information content (AvgIpc) is 2.85. The highest BCUT2D eigenvalue weighted by atomic mass is 32.2. The minimum atomic E-state index is -3.32. The maximum absolute atomic E-state index is 12.6. The predicted molar refractivity (Wildman–Crippen MR) is 101 cm³/mol. The second-order valence-electron chi connectivity index (χ2n) is 6.73. The van der Waals surface area contributed by atoms with E-state index in [4.69, 9.17) is 0 Å². The quantitative estimate of drug-likeness (QED) is 0.916. The smallest absolute Gasteiger partial charge is 0.255 e. The molecule has 1 aliphatic rings. The Bertz CT molecular complexity index is 951. The van der Waals surface area contributed by atoms with Crippen molar-refractivity contribution in [2.45, 2.75) is 33.2 Å². The lowest BCUT2D eigenvalue weighted by molar-refractivity contribution is 0.102. The summed E-state index contributed by atoms with van der Waals surface area (Å²) in [5.74, 6) is -0.193. The number of fused-ring (bicyclic) bond motifs is 1. The summed E-state index contributed by atoms with van der Waals surface area (Å²) in [7, 11) is -3.32. The van der Waals surface area contributed by atoms with Crippen LogP contribution in [0.1, 0.15) is 34.0 Å². The Hall–Kier alpha value is -2.34. The number of carbonyl (C=O) groups excluding carboxylic acids is 1. The van der Waals surface area contributed by atoms with Crippen LogP contribution in [0.2, 0.25) is 0 Å². The maximum atomic E-state index is 12.6. The summed E-state index contributed by atoms with van der Waals surface area (Å²) in [4.78, 5) is 12.6. The molecule has 1 amide bonds. The van der Waals surface area contributed by atoms with Gasteiger partial charge in [-0.3, -0.25) is 9.10 Å². The van der Waals surface area contributed by atoms with Gasteiger partial charge in [0.05, 0.1) is 11.9 Å². The van der Waals surface area contributed by atoms with E-state index in [0.717, 1.165) is 22.4 Å². The van der Waals surface area contributed by atoms with Gasteiger partial charge in [0, 0.05) is 17.3 Å². The number of amides is 1. The monoisotopic (exact) mass is 358 g/mol. The van der Waals surface area contributed by atoms with Crippen molar-refractivity contribution in [2.24, 2.45) is 0 Å². The van der Waals surface area contributed by atoms with Crippen molar-refractivity contribution in [3.05, 3.63) is 58.7 Å². The van der Waals surface area contributed by atoms with E-state index < -0.39 is 10.0 Å². The standard InChI is InChI=1S/C19H22N2O3S/c1-12-5-6-13(2)17(9-12)20-19(22)15-7-8-18-16(11-15)10-14(3)21(18)25(4,23)24/h5-9,11,14H,10H2,1-4H3,(H,20,22)/t14-/m0/s1. The summed E-state index contributed by atoms with van der Waals surface area (Å²) >= 11 is 0. The van der Waals surface area contributed by atoms with Gasteiger partial charge < -0.3 is 5.32 Å². The molecule has 0 spiro atoms. The molecule has 0 bridgehead atoms. The largest absolute Gasteiger partial charge is 0.322 e. The number of hydrogen-bond acceptors (Lipinski definition) is 3. The second kappa shape index (κ2) is 6.19. The van der Waals surface area contributed by atoms with Gasteiger partial charge in [0.25, 0.3) is 5.91 Å². The Morgan fingerprint density at radius 3 is 2.56 bits per heavy atom. The van der Waals surface area contributed by atoms with Crippen LogP contribution in [0.5, 0.6) is 0 Å². The highest BCUT2D eigenvalue weighted by Crippen LogP contribution is 2.34. The highest BCUT2D eigenvalue weighted by molar-refractivity contribution is 7.92. The van der Waals surface area contributed by atoms with Crippen molar-refractivity contribution in [3.63, 3.8) is 0 Å². The van der Waals surface area contributed by atoms with Crippen molar-refractivity contribution in [2.75, 3.05) is 15.9 Å². The van der Waals surface area contributed by atoms with Gasteiger partial charge in [-0.1, -0.05) is 12.1 Å². The number of carbonyl (C=O) groups is 1. The van der Waals surface area contributed by atoms with Crippen molar-refractivity contribution in [3.8, 4) is 0 Å². The van der Waals surface area contributed by atoms with Crippen LogP contribution >= 0.6 is 0 Å². The van der Waals surface area contributed by atoms with Gasteiger partial charge in [-0.25, -0.2) is 8.42 Å². The number of sulfonamides is 1. The molecule has 2 aromatic rings. The van der Waals surface area contributed by atoms with Gasteiger partial charge in [0.1, 0.15) is 0 Å². The summed E-state index contributed by atoms with van der Waals surface area (Å²) in [6.45, 7) is 5.80. The summed E-state index contributed by atoms with van der Waals surface area (Å²) < 4.78 is 25.4. The SMILES string of the molecule is Cc1ccc(C)c(NC(=O)c2ccc3c(c2)C[C@H](C)N3S(C)(=O)=O)c1. The summed E-state index contributed by atoms with van der Waals surface area (Å²) in [5.41, 5.74) is 4.94. The molecule has 1 heterocycles. The molecule has 1 N–H and O–H groups in total. The Morgan fingerprint density at radius 1 is 1.16 bits per heavy atom. The minimum Gasteiger partial charge on any atom is -0.322 e. The lowest BCUT2D eigenvalue weighted by Gasteiger charge is -2.21. The Kier molecular flexibility index (Phi) is 4.33. The molecule has 0 saturated heterocycles. The summed E-state index contributed by atoms with van der Waals surface area (Å²) in [6, 6.07) is 11.0. The van der Waals surface area contributed by atoms with E-state index in [-0.39, 0.29) is 11.9 Å². The normalized spacial score (nSPS) is 16.6. The zero-order valence-electron chi connectivity index (χ0n) is 14.8. The summed E-state index contributed by atoms with van der Waals surface area (Å²) in [6.07, 6.45) is 1.81. The number of rotatable bonds is 3. The van der Waals surface area contributed by atoms with E-state index in [9.17, 15) is 13.2 Å². The third-order valence-electron chi connectivity index (χ3n) is 4.49. The van der Waals surface area contributed by atoms with Crippen molar-refractivity contribution >= 4 is 27.3 Å².